The van der Waals surface area contributed by atoms with Gasteiger partial charge >= 0.3 is 6.18 Å². The molecule has 1 unspecified atom stereocenters. The van der Waals surface area contributed by atoms with Crippen LogP contribution in [0.3, 0.4) is 0 Å². The zero-order chi connectivity index (χ0) is 13.3. The number of nitrogen functional groups attached to an aromatic ring is 1. The van der Waals surface area contributed by atoms with Crippen LogP contribution >= 0.6 is 0 Å². The molecular weight excluding hydrogens is 263 g/mol. The molecule has 1 atom stereocenters. The Balaban J connectivity index is 2.10. The Morgan fingerprint density at radius 3 is 2.50 bits per heavy atom. The highest BCUT2D eigenvalue weighted by atomic mass is 32.2. The summed E-state index contributed by atoms with van der Waals surface area (Å²) in [5, 5.41) is 0. The standard InChI is InChI=1S/C12H14F3NOS/c13-12(14,15)9-3-4-11(10(16)7-9)18(17)6-5-8-1-2-8/h3-4,7-8H,1-2,5-6,16H2. The molecule has 18 heavy (non-hydrogen) atoms. The highest BCUT2D eigenvalue weighted by Crippen LogP contribution is 2.34. The first kappa shape index (κ1) is 13.4. The molecule has 0 aromatic heterocycles. The third-order valence-corrected chi connectivity index (χ3v) is 4.46. The minimum atomic E-state index is -4.41. The normalized spacial score (nSPS) is 17.7. The summed E-state index contributed by atoms with van der Waals surface area (Å²) in [5.74, 6) is 1.12. The Hall–Kier alpha value is -1.04. The summed E-state index contributed by atoms with van der Waals surface area (Å²) in [7, 11) is -1.30. The average molecular weight is 277 g/mol. The molecule has 100 valence electrons. The molecule has 0 bridgehead atoms. The van der Waals surface area contributed by atoms with Gasteiger partial charge < -0.3 is 5.73 Å². The second kappa shape index (κ2) is 4.91. The van der Waals surface area contributed by atoms with E-state index in [0.29, 0.717) is 16.6 Å². The van der Waals surface area contributed by atoms with Crippen molar-refractivity contribution >= 4 is 16.5 Å². The van der Waals surface area contributed by atoms with Crippen LogP contribution in [0, 0.1) is 5.92 Å². The van der Waals surface area contributed by atoms with Crippen molar-refractivity contribution < 1.29 is 17.4 Å². The van der Waals surface area contributed by atoms with E-state index in [-0.39, 0.29) is 5.69 Å². The Bertz CT molecular complexity index is 469. The van der Waals surface area contributed by atoms with Gasteiger partial charge in [-0.1, -0.05) is 12.8 Å². The highest BCUT2D eigenvalue weighted by molar-refractivity contribution is 7.85. The van der Waals surface area contributed by atoms with Crippen molar-refractivity contribution in [3.8, 4) is 0 Å². The molecule has 0 amide bonds. The van der Waals surface area contributed by atoms with E-state index in [4.69, 9.17) is 5.73 Å². The maximum atomic E-state index is 12.4. The van der Waals surface area contributed by atoms with Crippen LogP contribution in [0.4, 0.5) is 18.9 Å². The Morgan fingerprint density at radius 1 is 1.33 bits per heavy atom. The molecule has 1 aromatic carbocycles. The van der Waals surface area contributed by atoms with Crippen LogP contribution in [0.25, 0.3) is 0 Å². The molecule has 0 heterocycles. The lowest BCUT2D eigenvalue weighted by atomic mass is 10.2. The molecule has 1 aliphatic rings. The molecular formula is C12H14F3NOS. The van der Waals surface area contributed by atoms with Crippen LogP contribution in [-0.4, -0.2) is 9.96 Å². The van der Waals surface area contributed by atoms with E-state index >= 15 is 0 Å². The number of alkyl halides is 3. The third kappa shape index (κ3) is 3.25. The first-order chi connectivity index (χ1) is 8.38. The number of anilines is 1. The van der Waals surface area contributed by atoms with Gasteiger partial charge in [-0.3, -0.25) is 4.21 Å². The minimum absolute atomic E-state index is 0.0426. The van der Waals surface area contributed by atoms with Crippen LogP contribution in [-0.2, 0) is 17.0 Å². The van der Waals surface area contributed by atoms with E-state index in [1.165, 1.54) is 18.9 Å². The quantitative estimate of drug-likeness (QED) is 0.859. The van der Waals surface area contributed by atoms with E-state index in [0.717, 1.165) is 18.6 Å². The minimum Gasteiger partial charge on any atom is -0.398 e. The van der Waals surface area contributed by atoms with Gasteiger partial charge in [0.15, 0.2) is 0 Å². The summed E-state index contributed by atoms with van der Waals surface area (Å²) in [5.41, 5.74) is 4.70. The lowest BCUT2D eigenvalue weighted by Crippen LogP contribution is -2.08. The molecule has 0 saturated heterocycles. The largest absolute Gasteiger partial charge is 0.416 e. The Kier molecular flexibility index (Phi) is 3.66. The fourth-order valence-electron chi connectivity index (χ4n) is 1.72. The lowest BCUT2D eigenvalue weighted by Gasteiger charge is -2.10. The number of benzene rings is 1. The van der Waals surface area contributed by atoms with Gasteiger partial charge in [0.05, 0.1) is 21.3 Å². The van der Waals surface area contributed by atoms with Gasteiger partial charge in [0.25, 0.3) is 0 Å². The van der Waals surface area contributed by atoms with Crippen LogP contribution in [0.15, 0.2) is 23.1 Å². The SMILES string of the molecule is Nc1cc(C(F)(F)F)ccc1S(=O)CCC1CC1. The summed E-state index contributed by atoms with van der Waals surface area (Å²) >= 11 is 0. The second-order valence-electron chi connectivity index (χ2n) is 4.53. The predicted octanol–water partition coefficient (Wildman–Crippen LogP) is 3.20. The van der Waals surface area contributed by atoms with E-state index in [9.17, 15) is 17.4 Å². The van der Waals surface area contributed by atoms with Gasteiger partial charge in [0.1, 0.15) is 0 Å². The monoisotopic (exact) mass is 277 g/mol. The fraction of sp³-hybridized carbons (Fsp3) is 0.500. The van der Waals surface area contributed by atoms with E-state index in [1.807, 2.05) is 0 Å². The first-order valence-electron chi connectivity index (χ1n) is 5.73. The molecule has 0 spiro atoms. The highest BCUT2D eigenvalue weighted by Gasteiger charge is 2.31. The van der Waals surface area contributed by atoms with Crippen molar-refractivity contribution in [3.05, 3.63) is 23.8 Å². The summed E-state index contributed by atoms with van der Waals surface area (Å²) in [4.78, 5) is 0.309. The summed E-state index contributed by atoms with van der Waals surface area (Å²) in [6, 6.07) is 3.01. The maximum absolute atomic E-state index is 12.4. The van der Waals surface area contributed by atoms with E-state index in [2.05, 4.69) is 0 Å². The number of halogens is 3. The van der Waals surface area contributed by atoms with Crippen molar-refractivity contribution in [1.29, 1.82) is 0 Å². The predicted molar refractivity (Wildman–Crippen MR) is 64.5 cm³/mol. The molecule has 2 N–H and O–H groups in total. The molecule has 2 rings (SSSR count). The molecule has 0 aliphatic heterocycles. The smallest absolute Gasteiger partial charge is 0.398 e. The van der Waals surface area contributed by atoms with Crippen LogP contribution in [0.5, 0.6) is 0 Å². The number of nitrogens with two attached hydrogens (primary N) is 1. The number of rotatable bonds is 4. The summed E-state index contributed by atoms with van der Waals surface area (Å²) in [6.45, 7) is 0. The topological polar surface area (TPSA) is 43.1 Å². The molecule has 1 saturated carbocycles. The molecule has 0 radical (unpaired) electrons. The number of hydrogen-bond donors (Lipinski definition) is 1. The van der Waals surface area contributed by atoms with Gasteiger partial charge in [-0.15, -0.1) is 0 Å². The van der Waals surface area contributed by atoms with Crippen molar-refractivity contribution in [1.82, 2.24) is 0 Å². The maximum Gasteiger partial charge on any atom is 0.416 e. The van der Waals surface area contributed by atoms with E-state index < -0.39 is 22.5 Å². The zero-order valence-corrected chi connectivity index (χ0v) is 10.5. The molecule has 6 heteroatoms. The Labute approximate surface area is 106 Å². The van der Waals surface area contributed by atoms with Gasteiger partial charge in [0, 0.05) is 11.4 Å². The van der Waals surface area contributed by atoms with Crippen LogP contribution < -0.4 is 5.73 Å². The average Bonchev–Trinajstić information content (AvgIpc) is 3.08. The lowest BCUT2D eigenvalue weighted by molar-refractivity contribution is -0.137. The fourth-order valence-corrected chi connectivity index (χ4v) is 3.03. The Morgan fingerprint density at radius 2 is 2.00 bits per heavy atom. The first-order valence-corrected chi connectivity index (χ1v) is 7.05. The molecule has 1 aliphatic carbocycles. The van der Waals surface area contributed by atoms with Gasteiger partial charge in [-0.2, -0.15) is 13.2 Å². The summed E-state index contributed by atoms with van der Waals surface area (Å²) in [6.07, 6.45) is -1.23. The van der Waals surface area contributed by atoms with Crippen molar-refractivity contribution in [2.24, 2.45) is 5.92 Å². The summed E-state index contributed by atoms with van der Waals surface area (Å²) < 4.78 is 49.2. The van der Waals surface area contributed by atoms with Gasteiger partial charge in [-0.25, -0.2) is 0 Å². The van der Waals surface area contributed by atoms with Crippen LogP contribution in [0.1, 0.15) is 24.8 Å². The molecule has 1 aromatic rings. The van der Waals surface area contributed by atoms with Crippen molar-refractivity contribution in [2.45, 2.75) is 30.3 Å². The molecule has 1 fully saturated rings. The number of hydrogen-bond acceptors (Lipinski definition) is 2. The zero-order valence-electron chi connectivity index (χ0n) is 9.67. The molecule has 2 nitrogen and oxygen atoms in total. The second-order valence-corrected chi connectivity index (χ2v) is 6.07. The van der Waals surface area contributed by atoms with Crippen LogP contribution in [0.2, 0.25) is 0 Å². The van der Waals surface area contributed by atoms with Gasteiger partial charge in [0.2, 0.25) is 0 Å². The van der Waals surface area contributed by atoms with E-state index in [1.54, 1.807) is 0 Å². The van der Waals surface area contributed by atoms with Crippen molar-refractivity contribution in [2.75, 3.05) is 11.5 Å². The third-order valence-electron chi connectivity index (χ3n) is 2.99. The van der Waals surface area contributed by atoms with Gasteiger partial charge in [-0.05, 0) is 30.5 Å². The van der Waals surface area contributed by atoms with Crippen molar-refractivity contribution in [3.63, 3.8) is 0 Å².